The van der Waals surface area contributed by atoms with E-state index >= 15 is 0 Å². The van der Waals surface area contributed by atoms with Crippen LogP contribution in [0, 0.1) is 5.41 Å². The molecule has 0 bridgehead atoms. The lowest BCUT2D eigenvalue weighted by Crippen LogP contribution is -2.19. The Bertz CT molecular complexity index is 518. The fourth-order valence-electron chi connectivity index (χ4n) is 1.94. The zero-order valence-corrected chi connectivity index (χ0v) is 14.4. The van der Waals surface area contributed by atoms with Gasteiger partial charge in [0, 0.05) is 34.8 Å². The molecule has 0 saturated heterocycles. The Hall–Kier alpha value is -1.42. The maximum atomic E-state index is 12.3. The molecule has 3 nitrogen and oxygen atoms in total. The fraction of sp³-hybridized carbons (Fsp3) is 0.412. The Labute approximate surface area is 134 Å². The van der Waals surface area contributed by atoms with E-state index in [0.717, 1.165) is 22.0 Å². The van der Waals surface area contributed by atoms with Gasteiger partial charge in [-0.1, -0.05) is 36.7 Å². The number of halogens is 1. The van der Waals surface area contributed by atoms with Gasteiger partial charge in [0.15, 0.2) is 5.78 Å². The standard InChI is InChI=1S/C17H22BrNO2/c1-4-13(16(21)11-17(2,3)9-10-20)12-19-15-7-5-14(18)6-8-15/h5-8,10,12,19H,4,9,11H2,1-3H3/b13-12+. The molecule has 0 aliphatic heterocycles. The maximum absolute atomic E-state index is 12.3. The quantitative estimate of drug-likeness (QED) is 0.543. The molecule has 0 aromatic heterocycles. The zero-order chi connectivity index (χ0) is 15.9. The lowest BCUT2D eigenvalue weighted by Gasteiger charge is -2.21. The first-order valence-electron chi connectivity index (χ1n) is 7.06. The van der Waals surface area contributed by atoms with Crippen molar-refractivity contribution in [2.24, 2.45) is 5.41 Å². The van der Waals surface area contributed by atoms with E-state index in [9.17, 15) is 9.59 Å². The summed E-state index contributed by atoms with van der Waals surface area (Å²) in [4.78, 5) is 22.9. The lowest BCUT2D eigenvalue weighted by molar-refractivity contribution is -0.118. The van der Waals surface area contributed by atoms with Gasteiger partial charge in [0.1, 0.15) is 6.29 Å². The van der Waals surface area contributed by atoms with Gasteiger partial charge in [-0.05, 0) is 36.1 Å². The molecule has 0 saturated carbocycles. The summed E-state index contributed by atoms with van der Waals surface area (Å²) in [6, 6.07) is 7.76. The van der Waals surface area contributed by atoms with Crippen molar-refractivity contribution in [3.05, 3.63) is 40.5 Å². The average molecular weight is 352 g/mol. The number of aldehydes is 1. The van der Waals surface area contributed by atoms with Crippen molar-refractivity contribution >= 4 is 33.7 Å². The van der Waals surface area contributed by atoms with E-state index < -0.39 is 0 Å². The highest BCUT2D eigenvalue weighted by Gasteiger charge is 2.22. The molecule has 0 spiro atoms. The number of benzene rings is 1. The fourth-order valence-corrected chi connectivity index (χ4v) is 2.21. The third-order valence-electron chi connectivity index (χ3n) is 3.27. The number of nitrogens with one attached hydrogen (secondary N) is 1. The number of rotatable bonds is 8. The van der Waals surface area contributed by atoms with E-state index in [1.54, 1.807) is 6.20 Å². The van der Waals surface area contributed by atoms with Crippen LogP contribution in [0.25, 0.3) is 0 Å². The number of hydrogen-bond donors (Lipinski definition) is 1. The van der Waals surface area contributed by atoms with Crippen LogP contribution in [-0.4, -0.2) is 12.1 Å². The summed E-state index contributed by atoms with van der Waals surface area (Å²) in [6.07, 6.45) is 4.09. The van der Waals surface area contributed by atoms with E-state index in [0.29, 0.717) is 19.3 Å². The summed E-state index contributed by atoms with van der Waals surface area (Å²) in [6.45, 7) is 5.84. The van der Waals surface area contributed by atoms with Gasteiger partial charge in [0.05, 0.1) is 0 Å². The van der Waals surface area contributed by atoms with E-state index in [4.69, 9.17) is 0 Å². The van der Waals surface area contributed by atoms with Crippen molar-refractivity contribution in [2.45, 2.75) is 40.0 Å². The highest BCUT2D eigenvalue weighted by Crippen LogP contribution is 2.26. The predicted molar refractivity (Wildman–Crippen MR) is 90.2 cm³/mol. The second-order valence-electron chi connectivity index (χ2n) is 5.81. The molecule has 114 valence electrons. The molecule has 1 aromatic carbocycles. The van der Waals surface area contributed by atoms with Crippen LogP contribution in [0.15, 0.2) is 40.5 Å². The van der Waals surface area contributed by atoms with Gasteiger partial charge in [-0.25, -0.2) is 0 Å². The van der Waals surface area contributed by atoms with Crippen LogP contribution in [-0.2, 0) is 9.59 Å². The summed E-state index contributed by atoms with van der Waals surface area (Å²) < 4.78 is 1.01. The molecule has 0 aliphatic carbocycles. The molecule has 0 heterocycles. The van der Waals surface area contributed by atoms with Crippen LogP contribution in [0.5, 0.6) is 0 Å². The van der Waals surface area contributed by atoms with Gasteiger partial charge in [-0.2, -0.15) is 0 Å². The highest BCUT2D eigenvalue weighted by molar-refractivity contribution is 9.10. The molecule has 0 unspecified atom stereocenters. The molecule has 0 atom stereocenters. The lowest BCUT2D eigenvalue weighted by atomic mass is 9.83. The van der Waals surface area contributed by atoms with E-state index in [-0.39, 0.29) is 11.2 Å². The minimum atomic E-state index is -0.287. The molecule has 1 N–H and O–H groups in total. The Morgan fingerprint density at radius 1 is 1.29 bits per heavy atom. The SMILES string of the molecule is CC/C(=C\Nc1ccc(Br)cc1)C(=O)CC(C)(C)CC=O. The number of allylic oxidation sites excluding steroid dienone is 1. The topological polar surface area (TPSA) is 46.2 Å². The van der Waals surface area contributed by atoms with Gasteiger partial charge < -0.3 is 10.1 Å². The monoisotopic (exact) mass is 351 g/mol. The Kier molecular flexibility index (Phi) is 6.82. The van der Waals surface area contributed by atoms with Gasteiger partial charge in [0.25, 0.3) is 0 Å². The number of Topliss-reactive ketones (excluding diaryl/α,β-unsaturated/α-hetero) is 1. The number of ketones is 1. The van der Waals surface area contributed by atoms with E-state index in [1.165, 1.54) is 0 Å². The van der Waals surface area contributed by atoms with Crippen molar-refractivity contribution in [3.8, 4) is 0 Å². The highest BCUT2D eigenvalue weighted by atomic mass is 79.9. The first-order valence-corrected chi connectivity index (χ1v) is 7.85. The molecule has 0 radical (unpaired) electrons. The van der Waals surface area contributed by atoms with Crippen molar-refractivity contribution in [1.82, 2.24) is 0 Å². The Balaban J connectivity index is 2.72. The molecular weight excluding hydrogens is 330 g/mol. The zero-order valence-electron chi connectivity index (χ0n) is 12.8. The summed E-state index contributed by atoms with van der Waals surface area (Å²) in [5.74, 6) is 0.0916. The first-order chi connectivity index (χ1) is 9.88. The molecule has 1 rings (SSSR count). The third kappa shape index (κ3) is 6.25. The third-order valence-corrected chi connectivity index (χ3v) is 3.80. The van der Waals surface area contributed by atoms with Crippen LogP contribution in [0.3, 0.4) is 0 Å². The largest absolute Gasteiger partial charge is 0.361 e. The molecule has 4 heteroatoms. The van der Waals surface area contributed by atoms with Crippen LogP contribution in [0.4, 0.5) is 5.69 Å². The number of carbonyl (C=O) groups is 2. The molecule has 0 fully saturated rings. The van der Waals surface area contributed by atoms with Crippen molar-refractivity contribution in [2.75, 3.05) is 5.32 Å². The van der Waals surface area contributed by atoms with Crippen LogP contribution < -0.4 is 5.32 Å². The van der Waals surface area contributed by atoms with Gasteiger partial charge in [0.2, 0.25) is 0 Å². The minimum absolute atomic E-state index is 0.0916. The molecule has 1 aromatic rings. The first kappa shape index (κ1) is 17.6. The normalized spacial score (nSPS) is 12.1. The smallest absolute Gasteiger partial charge is 0.160 e. The van der Waals surface area contributed by atoms with Crippen LogP contribution in [0.1, 0.15) is 40.0 Å². The van der Waals surface area contributed by atoms with Crippen LogP contribution in [0.2, 0.25) is 0 Å². The second kappa shape index (κ2) is 8.13. The van der Waals surface area contributed by atoms with Gasteiger partial charge >= 0.3 is 0 Å². The number of anilines is 1. The number of carbonyl (C=O) groups excluding carboxylic acids is 2. The summed E-state index contributed by atoms with van der Waals surface area (Å²) >= 11 is 3.38. The van der Waals surface area contributed by atoms with E-state index in [2.05, 4.69) is 21.2 Å². The molecule has 0 aliphatic rings. The molecular formula is C17H22BrNO2. The minimum Gasteiger partial charge on any atom is -0.361 e. The van der Waals surface area contributed by atoms with Gasteiger partial charge in [-0.15, -0.1) is 0 Å². The average Bonchev–Trinajstić information content (AvgIpc) is 2.40. The summed E-state index contributed by atoms with van der Waals surface area (Å²) in [5.41, 5.74) is 1.39. The van der Waals surface area contributed by atoms with E-state index in [1.807, 2.05) is 45.0 Å². The summed E-state index contributed by atoms with van der Waals surface area (Å²) in [5, 5.41) is 3.15. The van der Waals surface area contributed by atoms with Crippen molar-refractivity contribution in [1.29, 1.82) is 0 Å². The van der Waals surface area contributed by atoms with Crippen molar-refractivity contribution in [3.63, 3.8) is 0 Å². The Morgan fingerprint density at radius 3 is 2.43 bits per heavy atom. The summed E-state index contributed by atoms with van der Waals surface area (Å²) in [7, 11) is 0. The molecule has 21 heavy (non-hydrogen) atoms. The predicted octanol–water partition coefficient (Wildman–Crippen LogP) is 4.73. The van der Waals surface area contributed by atoms with Crippen LogP contribution >= 0.6 is 15.9 Å². The Morgan fingerprint density at radius 2 is 1.90 bits per heavy atom. The second-order valence-corrected chi connectivity index (χ2v) is 6.72. The maximum Gasteiger partial charge on any atom is 0.160 e. The van der Waals surface area contributed by atoms with Gasteiger partial charge in [-0.3, -0.25) is 4.79 Å². The molecule has 0 amide bonds. The van der Waals surface area contributed by atoms with Crippen molar-refractivity contribution < 1.29 is 9.59 Å². The number of hydrogen-bond acceptors (Lipinski definition) is 3.